The number of hydrogen-bond acceptors (Lipinski definition) is 6. The van der Waals surface area contributed by atoms with Crippen molar-refractivity contribution in [2.75, 3.05) is 6.61 Å². The molecular weight excluding hydrogens is 312 g/mol. The monoisotopic (exact) mass is 326 g/mol. The van der Waals surface area contributed by atoms with E-state index in [2.05, 4.69) is 11.7 Å². The van der Waals surface area contributed by atoms with Crippen molar-refractivity contribution in [2.45, 2.75) is 0 Å². The zero-order chi connectivity index (χ0) is 17.4. The van der Waals surface area contributed by atoms with E-state index in [4.69, 9.17) is 9.57 Å². The Morgan fingerprint density at radius 3 is 2.38 bits per heavy atom. The van der Waals surface area contributed by atoms with Crippen molar-refractivity contribution < 1.29 is 19.3 Å². The minimum atomic E-state index is -0.699. The molecule has 0 fully saturated rings. The highest BCUT2D eigenvalue weighted by Gasteiger charge is 2.15. The van der Waals surface area contributed by atoms with Crippen molar-refractivity contribution in [3.63, 3.8) is 0 Å². The Balaban J connectivity index is 2.19. The average molecular weight is 326 g/mol. The molecule has 7 heteroatoms. The lowest BCUT2D eigenvalue weighted by Crippen LogP contribution is -2.14. The highest BCUT2D eigenvalue weighted by atomic mass is 16.7. The zero-order valence-corrected chi connectivity index (χ0v) is 12.6. The zero-order valence-electron chi connectivity index (χ0n) is 12.6. The number of carbonyl (C=O) groups excluding carboxylic acids is 1. The van der Waals surface area contributed by atoms with E-state index in [1.807, 2.05) is 6.07 Å². The van der Waals surface area contributed by atoms with Gasteiger partial charge in [0.25, 0.3) is 11.6 Å². The molecule has 0 aliphatic heterocycles. The maximum atomic E-state index is 12.2. The van der Waals surface area contributed by atoms with Crippen molar-refractivity contribution in [3.05, 3.63) is 88.5 Å². The molecule has 0 atom stereocenters. The predicted octanol–water partition coefficient (Wildman–Crippen LogP) is 3.32. The first-order valence-corrected chi connectivity index (χ1v) is 6.94. The molecule has 0 saturated heterocycles. The molecule has 0 unspecified atom stereocenters. The fourth-order valence-corrected chi connectivity index (χ4v) is 1.73. The maximum Gasteiger partial charge on any atom is 0.344 e. The number of ether oxygens (including phenoxy) is 1. The standard InChI is InChI=1S/C17H14N2O5/c1-2-12-23-18-16(13-6-4-3-5-7-13)24-17(20)14-8-10-15(11-9-14)19(21)22/h2-11H,1,12H2/b18-16-. The normalized spacial score (nSPS) is 10.8. The lowest BCUT2D eigenvalue weighted by Gasteiger charge is -2.07. The Bertz CT molecular complexity index is 754. The van der Waals surface area contributed by atoms with Crippen molar-refractivity contribution in [2.24, 2.45) is 5.16 Å². The average Bonchev–Trinajstić information content (AvgIpc) is 2.61. The van der Waals surface area contributed by atoms with E-state index >= 15 is 0 Å². The highest BCUT2D eigenvalue weighted by Crippen LogP contribution is 2.14. The summed E-state index contributed by atoms with van der Waals surface area (Å²) in [5.41, 5.74) is 0.600. The molecule has 122 valence electrons. The van der Waals surface area contributed by atoms with Gasteiger partial charge < -0.3 is 9.57 Å². The van der Waals surface area contributed by atoms with E-state index in [9.17, 15) is 14.9 Å². The van der Waals surface area contributed by atoms with Crippen LogP contribution in [0.1, 0.15) is 15.9 Å². The molecular formula is C17H14N2O5. The van der Waals surface area contributed by atoms with Crippen LogP contribution in [0.25, 0.3) is 0 Å². The number of rotatable bonds is 6. The Hall–Kier alpha value is -3.48. The third kappa shape index (κ3) is 4.51. The van der Waals surface area contributed by atoms with E-state index in [1.165, 1.54) is 30.3 Å². The molecule has 7 nitrogen and oxygen atoms in total. The molecule has 0 spiro atoms. The number of nitro benzene ring substituents is 1. The van der Waals surface area contributed by atoms with Gasteiger partial charge in [0.1, 0.15) is 6.61 Å². The summed E-state index contributed by atoms with van der Waals surface area (Å²) in [6.45, 7) is 3.66. The minimum absolute atomic E-state index is 0.0131. The largest absolute Gasteiger partial charge is 0.400 e. The summed E-state index contributed by atoms with van der Waals surface area (Å²) in [6.07, 6.45) is 1.50. The van der Waals surface area contributed by atoms with Gasteiger partial charge >= 0.3 is 5.97 Å². The number of nitrogens with zero attached hydrogens (tertiary/aromatic N) is 2. The van der Waals surface area contributed by atoms with Gasteiger partial charge in [-0.25, -0.2) is 4.79 Å². The Kier molecular flexibility index (Phi) is 5.79. The summed E-state index contributed by atoms with van der Waals surface area (Å²) in [7, 11) is 0. The fraction of sp³-hybridized carbons (Fsp3) is 0.0588. The summed E-state index contributed by atoms with van der Waals surface area (Å²) in [6, 6.07) is 13.8. The molecule has 0 N–H and O–H groups in total. The predicted molar refractivity (Wildman–Crippen MR) is 87.6 cm³/mol. The molecule has 0 aromatic heterocycles. The Morgan fingerprint density at radius 2 is 1.79 bits per heavy atom. The van der Waals surface area contributed by atoms with Gasteiger partial charge in [0.2, 0.25) is 0 Å². The first-order chi connectivity index (χ1) is 11.6. The molecule has 0 aliphatic carbocycles. The molecule has 0 aliphatic rings. The lowest BCUT2D eigenvalue weighted by atomic mass is 10.2. The number of carbonyl (C=O) groups is 1. The minimum Gasteiger partial charge on any atom is -0.400 e. The van der Waals surface area contributed by atoms with Gasteiger partial charge in [-0.15, -0.1) is 0 Å². The van der Waals surface area contributed by atoms with E-state index in [0.717, 1.165) is 0 Å². The molecule has 0 bridgehead atoms. The third-order valence-corrected chi connectivity index (χ3v) is 2.86. The summed E-state index contributed by atoms with van der Waals surface area (Å²) in [4.78, 5) is 27.3. The Labute approximate surface area is 138 Å². The van der Waals surface area contributed by atoms with E-state index < -0.39 is 10.9 Å². The SMILES string of the molecule is C=CCO/N=C(\OC(=O)c1ccc([N+](=O)[O-])cc1)c1ccccc1. The molecule has 0 heterocycles. The second kappa shape index (κ2) is 8.23. The van der Waals surface area contributed by atoms with E-state index in [-0.39, 0.29) is 23.8 Å². The third-order valence-electron chi connectivity index (χ3n) is 2.86. The van der Waals surface area contributed by atoms with Crippen molar-refractivity contribution in [1.82, 2.24) is 0 Å². The van der Waals surface area contributed by atoms with Crippen molar-refractivity contribution in [1.29, 1.82) is 0 Å². The highest BCUT2D eigenvalue weighted by molar-refractivity contribution is 6.04. The molecule has 2 aromatic carbocycles. The molecule has 24 heavy (non-hydrogen) atoms. The summed E-state index contributed by atoms with van der Waals surface area (Å²) < 4.78 is 5.25. The first kappa shape index (κ1) is 16.9. The summed E-state index contributed by atoms with van der Waals surface area (Å²) in [5.74, 6) is -0.712. The second-order valence-corrected chi connectivity index (χ2v) is 4.54. The van der Waals surface area contributed by atoms with Gasteiger partial charge in [0.05, 0.1) is 10.5 Å². The topological polar surface area (TPSA) is 91.0 Å². The number of hydrogen-bond donors (Lipinski definition) is 0. The number of nitro groups is 1. The smallest absolute Gasteiger partial charge is 0.344 e. The van der Waals surface area contributed by atoms with Crippen LogP contribution in [0, 0.1) is 10.1 Å². The number of benzene rings is 2. The van der Waals surface area contributed by atoms with Crippen LogP contribution >= 0.6 is 0 Å². The van der Waals surface area contributed by atoms with Crippen LogP contribution in [-0.2, 0) is 9.57 Å². The quantitative estimate of drug-likeness (QED) is 0.154. The lowest BCUT2D eigenvalue weighted by molar-refractivity contribution is -0.384. The first-order valence-electron chi connectivity index (χ1n) is 6.94. The van der Waals surface area contributed by atoms with E-state index in [0.29, 0.717) is 5.56 Å². The number of oxime groups is 1. The van der Waals surface area contributed by atoms with Gasteiger partial charge in [0, 0.05) is 17.7 Å². The van der Waals surface area contributed by atoms with Gasteiger partial charge in [-0.2, -0.15) is 0 Å². The van der Waals surface area contributed by atoms with Gasteiger partial charge in [0.15, 0.2) is 0 Å². The molecule has 0 amide bonds. The fourth-order valence-electron chi connectivity index (χ4n) is 1.73. The van der Waals surface area contributed by atoms with Gasteiger partial charge in [-0.3, -0.25) is 10.1 Å². The number of esters is 1. The Morgan fingerprint density at radius 1 is 1.12 bits per heavy atom. The van der Waals surface area contributed by atoms with Crippen LogP contribution < -0.4 is 0 Å². The molecule has 2 rings (SSSR count). The van der Waals surface area contributed by atoms with Crippen LogP contribution in [0.2, 0.25) is 0 Å². The van der Waals surface area contributed by atoms with Crippen LogP contribution in [0.3, 0.4) is 0 Å². The summed E-state index contributed by atoms with van der Waals surface area (Å²) >= 11 is 0. The van der Waals surface area contributed by atoms with Gasteiger partial charge in [-0.05, 0) is 29.4 Å². The molecule has 0 radical (unpaired) electrons. The van der Waals surface area contributed by atoms with E-state index in [1.54, 1.807) is 24.3 Å². The van der Waals surface area contributed by atoms with Crippen LogP contribution in [0.5, 0.6) is 0 Å². The van der Waals surface area contributed by atoms with Crippen LogP contribution in [0.4, 0.5) is 5.69 Å². The molecule has 2 aromatic rings. The van der Waals surface area contributed by atoms with Gasteiger partial charge in [-0.1, -0.05) is 30.9 Å². The maximum absolute atomic E-state index is 12.2. The molecule has 0 saturated carbocycles. The number of non-ortho nitro benzene ring substituents is 1. The van der Waals surface area contributed by atoms with Crippen molar-refractivity contribution >= 4 is 17.6 Å². The summed E-state index contributed by atoms with van der Waals surface area (Å²) in [5, 5.41) is 14.4. The van der Waals surface area contributed by atoms with Crippen molar-refractivity contribution in [3.8, 4) is 0 Å². The second-order valence-electron chi connectivity index (χ2n) is 4.54. The van der Waals surface area contributed by atoms with Crippen LogP contribution in [-0.4, -0.2) is 23.4 Å². The van der Waals surface area contributed by atoms with Crippen LogP contribution in [0.15, 0.2) is 72.4 Å².